The second-order valence-corrected chi connectivity index (χ2v) is 6.65. The molecule has 8 heteroatoms. The molecule has 0 unspecified atom stereocenters. The Hall–Kier alpha value is -1.90. The number of hydrogen-bond donors (Lipinski definition) is 3. The minimum atomic E-state index is -1.07. The summed E-state index contributed by atoms with van der Waals surface area (Å²) in [5, 5.41) is 11.7. The number of amides is 1. The van der Waals surface area contributed by atoms with E-state index < -0.39 is 18.1 Å². The smallest absolute Gasteiger partial charge is 0.870 e. The Labute approximate surface area is 192 Å². The average molecular weight is 408 g/mol. The van der Waals surface area contributed by atoms with Crippen LogP contribution in [0.1, 0.15) is 36.3 Å². The van der Waals surface area contributed by atoms with Gasteiger partial charge in [0.05, 0.1) is 0 Å². The van der Waals surface area contributed by atoms with E-state index in [2.05, 4.69) is 17.4 Å². The molecular weight excluding hydrogens is 383 g/mol. The van der Waals surface area contributed by atoms with E-state index >= 15 is 0 Å². The van der Waals surface area contributed by atoms with Gasteiger partial charge in [-0.2, -0.15) is 0 Å². The van der Waals surface area contributed by atoms with Crippen molar-refractivity contribution in [2.24, 2.45) is 5.73 Å². The predicted octanol–water partition coefficient (Wildman–Crippen LogP) is -0.0655. The molecule has 0 spiro atoms. The van der Waals surface area contributed by atoms with Gasteiger partial charge in [-0.25, -0.2) is 9.59 Å². The summed E-state index contributed by atoms with van der Waals surface area (Å²) in [6.07, 6.45) is 0.973. The first-order valence-corrected chi connectivity index (χ1v) is 9.16. The fourth-order valence-corrected chi connectivity index (χ4v) is 3.53. The van der Waals surface area contributed by atoms with Crippen LogP contribution in [0.15, 0.2) is 48.5 Å². The summed E-state index contributed by atoms with van der Waals surface area (Å²) in [4.78, 5) is 23.5. The number of nitrogens with one attached hydrogen (secondary N) is 1. The van der Waals surface area contributed by atoms with Gasteiger partial charge < -0.3 is 26.4 Å². The van der Waals surface area contributed by atoms with E-state index in [1.165, 1.54) is 0 Å². The molecule has 1 aliphatic rings. The maximum absolute atomic E-state index is 12.1. The van der Waals surface area contributed by atoms with Gasteiger partial charge in [-0.15, -0.1) is 0 Å². The molecule has 2 aromatic rings. The molecule has 2 aromatic carbocycles. The SMILES string of the molecule is NCCCC[C@H](NC(=O)OCC1c2ccccc2-c2ccccc21)C(=O)O.[Na+].[OH-]. The molecule has 1 amide bonds. The number of carbonyl (C=O) groups excluding carboxylic acids is 1. The molecule has 1 atom stereocenters. The van der Waals surface area contributed by atoms with E-state index in [0.717, 1.165) is 28.7 Å². The summed E-state index contributed by atoms with van der Waals surface area (Å²) in [5.41, 5.74) is 9.95. The van der Waals surface area contributed by atoms with Crippen LogP contribution < -0.4 is 40.6 Å². The average Bonchev–Trinajstić information content (AvgIpc) is 2.99. The van der Waals surface area contributed by atoms with Gasteiger partial charge in [0.15, 0.2) is 0 Å². The molecule has 0 heterocycles. The Bertz CT molecular complexity index is 785. The molecule has 150 valence electrons. The fourth-order valence-electron chi connectivity index (χ4n) is 3.53. The van der Waals surface area contributed by atoms with Crippen LogP contribution in [-0.4, -0.2) is 41.8 Å². The third-order valence-electron chi connectivity index (χ3n) is 4.88. The number of benzene rings is 2. The molecule has 1 aliphatic carbocycles. The van der Waals surface area contributed by atoms with E-state index in [9.17, 15) is 14.7 Å². The van der Waals surface area contributed by atoms with E-state index in [-0.39, 0.29) is 47.6 Å². The monoisotopic (exact) mass is 408 g/mol. The van der Waals surface area contributed by atoms with Crippen LogP contribution in [0, 0.1) is 0 Å². The summed E-state index contributed by atoms with van der Waals surface area (Å²) < 4.78 is 5.39. The van der Waals surface area contributed by atoms with Crippen LogP contribution in [0.2, 0.25) is 0 Å². The van der Waals surface area contributed by atoms with Gasteiger partial charge in [-0.1, -0.05) is 48.5 Å². The number of aliphatic carboxylic acids is 1. The van der Waals surface area contributed by atoms with E-state index in [0.29, 0.717) is 19.4 Å². The van der Waals surface area contributed by atoms with Crippen LogP contribution >= 0.6 is 0 Å². The van der Waals surface area contributed by atoms with Crippen LogP contribution in [0.25, 0.3) is 11.1 Å². The number of nitrogens with two attached hydrogens (primary N) is 1. The molecule has 0 saturated carbocycles. The molecule has 0 saturated heterocycles. The van der Waals surface area contributed by atoms with Crippen molar-refractivity contribution >= 4 is 12.1 Å². The molecule has 29 heavy (non-hydrogen) atoms. The fraction of sp³-hybridized carbons (Fsp3) is 0.333. The number of carboxylic acids is 1. The number of alkyl carbamates (subject to hydrolysis) is 1. The molecule has 0 fully saturated rings. The predicted molar refractivity (Wildman–Crippen MR) is 104 cm³/mol. The van der Waals surface area contributed by atoms with Crippen molar-refractivity contribution in [3.05, 3.63) is 59.7 Å². The van der Waals surface area contributed by atoms with Crippen LogP contribution in [0.5, 0.6) is 0 Å². The topological polar surface area (TPSA) is 132 Å². The van der Waals surface area contributed by atoms with E-state index in [4.69, 9.17) is 10.5 Å². The Morgan fingerprint density at radius 3 is 2.10 bits per heavy atom. The van der Waals surface area contributed by atoms with Gasteiger partial charge in [0.25, 0.3) is 0 Å². The number of unbranched alkanes of at least 4 members (excludes halogenated alkanes) is 1. The maximum atomic E-state index is 12.1. The first-order valence-electron chi connectivity index (χ1n) is 9.16. The summed E-state index contributed by atoms with van der Waals surface area (Å²) in [7, 11) is 0. The zero-order valence-corrected chi connectivity index (χ0v) is 18.5. The Balaban J connectivity index is 0.00000210. The van der Waals surface area contributed by atoms with Crippen molar-refractivity contribution in [1.29, 1.82) is 0 Å². The summed E-state index contributed by atoms with van der Waals surface area (Å²) in [5.74, 6) is -1.12. The Morgan fingerprint density at radius 1 is 1.03 bits per heavy atom. The van der Waals surface area contributed by atoms with Crippen molar-refractivity contribution in [3.8, 4) is 11.1 Å². The number of carboxylic acid groups (broad SMARTS) is 1. The number of ether oxygens (including phenoxy) is 1. The van der Waals surface area contributed by atoms with Gasteiger partial charge in [-0.3, -0.25) is 0 Å². The number of carbonyl (C=O) groups is 2. The van der Waals surface area contributed by atoms with E-state index in [1.807, 2.05) is 36.4 Å². The van der Waals surface area contributed by atoms with Crippen molar-refractivity contribution in [3.63, 3.8) is 0 Å². The second-order valence-electron chi connectivity index (χ2n) is 6.65. The van der Waals surface area contributed by atoms with Gasteiger partial charge in [0.2, 0.25) is 0 Å². The van der Waals surface area contributed by atoms with Crippen molar-refractivity contribution in [1.82, 2.24) is 5.32 Å². The molecule has 7 nitrogen and oxygen atoms in total. The van der Waals surface area contributed by atoms with Crippen LogP contribution in [0.4, 0.5) is 4.79 Å². The number of hydrogen-bond acceptors (Lipinski definition) is 5. The minimum Gasteiger partial charge on any atom is -0.870 e. The first kappa shape index (κ1) is 25.1. The normalized spacial score (nSPS) is 12.6. The molecule has 0 bridgehead atoms. The molecule has 3 rings (SSSR count). The zero-order chi connectivity index (χ0) is 19.2. The molecule has 0 aliphatic heterocycles. The molecule has 0 aromatic heterocycles. The number of rotatable bonds is 8. The van der Waals surface area contributed by atoms with Crippen molar-refractivity contribution in [2.75, 3.05) is 13.2 Å². The van der Waals surface area contributed by atoms with Gasteiger partial charge in [-0.05, 0) is 48.1 Å². The minimum absolute atomic E-state index is 0. The Kier molecular flexibility index (Phi) is 10.4. The zero-order valence-electron chi connectivity index (χ0n) is 16.5. The van der Waals surface area contributed by atoms with Gasteiger partial charge in [0, 0.05) is 5.92 Å². The molecular formula is C21H25N2NaO5. The van der Waals surface area contributed by atoms with Crippen molar-refractivity contribution < 1.29 is 54.5 Å². The van der Waals surface area contributed by atoms with Gasteiger partial charge in [0.1, 0.15) is 12.6 Å². The standard InChI is InChI=1S/C21H24N2O4.Na.H2O/c22-12-6-5-11-19(20(24)25)23-21(26)27-13-18-16-9-3-1-7-14(16)15-8-2-4-10-17(15)18;;/h1-4,7-10,18-19H,5-6,11-13,22H2,(H,23,26)(H,24,25);;1H2/q;+1;/p-1/t19-;;/m0../s1. The third-order valence-corrected chi connectivity index (χ3v) is 4.88. The quantitative estimate of drug-likeness (QED) is 0.414. The number of fused-ring (bicyclic) bond motifs is 3. The molecule has 5 N–H and O–H groups in total. The van der Waals surface area contributed by atoms with E-state index in [1.54, 1.807) is 0 Å². The Morgan fingerprint density at radius 2 is 1.59 bits per heavy atom. The van der Waals surface area contributed by atoms with Crippen LogP contribution in [-0.2, 0) is 9.53 Å². The summed E-state index contributed by atoms with van der Waals surface area (Å²) in [6, 6.07) is 15.1. The third kappa shape index (κ3) is 6.04. The van der Waals surface area contributed by atoms with Crippen molar-refractivity contribution in [2.45, 2.75) is 31.2 Å². The molecule has 0 radical (unpaired) electrons. The first-order chi connectivity index (χ1) is 13.1. The second kappa shape index (κ2) is 11.9. The van der Waals surface area contributed by atoms with Crippen LogP contribution in [0.3, 0.4) is 0 Å². The van der Waals surface area contributed by atoms with Gasteiger partial charge >= 0.3 is 41.6 Å². The maximum Gasteiger partial charge on any atom is 1.00 e. The summed E-state index contributed by atoms with van der Waals surface area (Å²) >= 11 is 0. The summed E-state index contributed by atoms with van der Waals surface area (Å²) in [6.45, 7) is 0.659. The largest absolute Gasteiger partial charge is 1.00 e.